The number of nitrogens with zero attached hydrogens (tertiary/aromatic N) is 6. The average molecular weight is 596 g/mol. The van der Waals surface area contributed by atoms with Gasteiger partial charge < -0.3 is 5.32 Å². The number of rotatable bonds is 6. The summed E-state index contributed by atoms with van der Waals surface area (Å²) in [7, 11) is -5.73. The lowest BCUT2D eigenvalue weighted by molar-refractivity contribution is -0.141. The van der Waals surface area contributed by atoms with Crippen LogP contribution in [0.25, 0.3) is 5.65 Å². The molecule has 40 heavy (non-hydrogen) atoms. The molecule has 0 radical (unpaired) electrons. The molecular formula is C22H20F7N7O3S. The third kappa shape index (κ3) is 5.39. The van der Waals surface area contributed by atoms with Crippen molar-refractivity contribution in [2.75, 3.05) is 18.1 Å². The van der Waals surface area contributed by atoms with Crippen LogP contribution in [0.15, 0.2) is 41.8 Å². The number of aromatic nitrogens is 3. The first-order valence-corrected chi connectivity index (χ1v) is 12.9. The van der Waals surface area contributed by atoms with E-state index in [0.29, 0.717) is 0 Å². The van der Waals surface area contributed by atoms with E-state index in [-0.39, 0.29) is 15.5 Å². The van der Waals surface area contributed by atoms with Crippen molar-refractivity contribution in [2.45, 2.75) is 32.1 Å². The standard InChI is InChI=1S/C22H20F7N7O3S/c1-12(2)18-33-35(7-8-36(18)40(38,39)22(27,28)29)19-14(23)9-13(10-30-19)11-31-20(37)16-17(21(24,25)26)32-15-5-3-4-6-34(15)16/h3-6,9-10,12H,7-8,11H2,1-2H3,(H,31,37). The SMILES string of the molecule is CC(C)C1=NN(c2ncc(CNC(=O)c3c(C(F)(F)F)nc4ccccn34)cc2F)CCN1S(=O)(=O)C(F)(F)F. The highest BCUT2D eigenvalue weighted by Gasteiger charge is 2.52. The number of amidine groups is 1. The number of hydrazone groups is 1. The van der Waals surface area contributed by atoms with Gasteiger partial charge in [0.05, 0.1) is 13.1 Å². The Morgan fingerprint density at radius 3 is 2.42 bits per heavy atom. The third-order valence-electron chi connectivity index (χ3n) is 5.68. The number of nitrogens with one attached hydrogen (secondary N) is 1. The molecule has 10 nitrogen and oxygen atoms in total. The average Bonchev–Trinajstić information content (AvgIpc) is 3.27. The Kier molecular flexibility index (Phi) is 7.42. The number of imidazole rings is 1. The smallest absolute Gasteiger partial charge is 0.347 e. The minimum absolute atomic E-state index is 0.0447. The maximum Gasteiger partial charge on any atom is 0.516 e. The second kappa shape index (κ2) is 10.2. The number of pyridine rings is 2. The fourth-order valence-corrected chi connectivity index (χ4v) is 4.95. The molecule has 1 aliphatic rings. The third-order valence-corrected chi connectivity index (χ3v) is 7.22. The highest BCUT2D eigenvalue weighted by Crippen LogP contribution is 2.33. The molecule has 4 heterocycles. The monoisotopic (exact) mass is 595 g/mol. The largest absolute Gasteiger partial charge is 0.516 e. The molecule has 1 amide bonds. The number of anilines is 1. The predicted octanol–water partition coefficient (Wildman–Crippen LogP) is 3.76. The van der Waals surface area contributed by atoms with E-state index in [1.165, 1.54) is 38.2 Å². The molecule has 0 aliphatic carbocycles. The van der Waals surface area contributed by atoms with Crippen LogP contribution in [0.2, 0.25) is 0 Å². The van der Waals surface area contributed by atoms with Gasteiger partial charge in [-0.15, -0.1) is 0 Å². The zero-order valence-corrected chi connectivity index (χ0v) is 21.4. The molecule has 0 aromatic carbocycles. The Bertz CT molecular complexity index is 1580. The topological polar surface area (TPSA) is 112 Å². The van der Waals surface area contributed by atoms with Crippen LogP contribution < -0.4 is 10.3 Å². The molecule has 0 saturated heterocycles. The van der Waals surface area contributed by atoms with Crippen LogP contribution >= 0.6 is 0 Å². The second-order valence-corrected chi connectivity index (χ2v) is 10.7. The van der Waals surface area contributed by atoms with Crippen LogP contribution in [-0.4, -0.2) is 57.4 Å². The summed E-state index contributed by atoms with van der Waals surface area (Å²) >= 11 is 0. The molecule has 0 unspecified atom stereocenters. The van der Waals surface area contributed by atoms with E-state index in [4.69, 9.17) is 0 Å². The van der Waals surface area contributed by atoms with Gasteiger partial charge in [0, 0.05) is 24.9 Å². The number of carbonyl (C=O) groups is 1. The first-order chi connectivity index (χ1) is 18.5. The number of alkyl halides is 6. The normalized spacial score (nSPS) is 15.1. The van der Waals surface area contributed by atoms with Crippen LogP contribution in [0.4, 0.5) is 36.6 Å². The first-order valence-electron chi connectivity index (χ1n) is 11.4. The quantitative estimate of drug-likeness (QED) is 0.435. The summed E-state index contributed by atoms with van der Waals surface area (Å²) in [5.74, 6) is -3.85. The fourth-order valence-electron chi connectivity index (χ4n) is 3.88. The number of fused-ring (bicyclic) bond motifs is 1. The zero-order chi connectivity index (χ0) is 29.6. The Balaban J connectivity index is 1.55. The van der Waals surface area contributed by atoms with Gasteiger partial charge in [-0.3, -0.25) is 9.20 Å². The summed E-state index contributed by atoms with van der Waals surface area (Å²) in [5.41, 5.74) is -7.80. The maximum atomic E-state index is 14.9. The van der Waals surface area contributed by atoms with Gasteiger partial charge in [0.15, 0.2) is 17.3 Å². The summed E-state index contributed by atoms with van der Waals surface area (Å²) in [6.07, 6.45) is -2.61. The number of amides is 1. The number of halogens is 7. The molecule has 4 rings (SSSR count). The van der Waals surface area contributed by atoms with Crippen LogP contribution in [0.3, 0.4) is 0 Å². The Hall–Kier alpha value is -3.96. The molecule has 0 bridgehead atoms. The molecule has 1 aliphatic heterocycles. The molecule has 3 aromatic heterocycles. The lowest BCUT2D eigenvalue weighted by Crippen LogP contribution is -2.52. The zero-order valence-electron chi connectivity index (χ0n) is 20.6. The van der Waals surface area contributed by atoms with Gasteiger partial charge in [0.1, 0.15) is 17.2 Å². The summed E-state index contributed by atoms with van der Waals surface area (Å²) in [6.45, 7) is 1.24. The minimum Gasteiger partial charge on any atom is -0.347 e. The number of hydrogen-bond donors (Lipinski definition) is 1. The summed E-state index contributed by atoms with van der Waals surface area (Å²) in [4.78, 5) is 20.1. The van der Waals surface area contributed by atoms with Crippen LogP contribution in [0.1, 0.15) is 35.6 Å². The van der Waals surface area contributed by atoms with Crippen molar-refractivity contribution < 1.29 is 43.9 Å². The Morgan fingerprint density at radius 1 is 1.12 bits per heavy atom. The molecular weight excluding hydrogens is 575 g/mol. The van der Waals surface area contributed by atoms with Crippen molar-refractivity contribution in [2.24, 2.45) is 11.0 Å². The molecule has 0 spiro atoms. The van der Waals surface area contributed by atoms with Crippen molar-refractivity contribution in [1.29, 1.82) is 0 Å². The van der Waals surface area contributed by atoms with E-state index in [1.54, 1.807) is 0 Å². The molecule has 18 heteroatoms. The second-order valence-electron chi connectivity index (χ2n) is 8.83. The number of hydrogen-bond acceptors (Lipinski definition) is 7. The Labute approximate surface area is 222 Å². The lowest BCUT2D eigenvalue weighted by Gasteiger charge is -2.35. The van der Waals surface area contributed by atoms with Crippen molar-refractivity contribution in [3.63, 3.8) is 0 Å². The predicted molar refractivity (Wildman–Crippen MR) is 127 cm³/mol. The van der Waals surface area contributed by atoms with Crippen molar-refractivity contribution in [3.8, 4) is 0 Å². The van der Waals surface area contributed by atoms with Gasteiger partial charge in [-0.2, -0.15) is 39.9 Å². The van der Waals surface area contributed by atoms with Crippen LogP contribution in [0.5, 0.6) is 0 Å². The van der Waals surface area contributed by atoms with E-state index in [0.717, 1.165) is 21.7 Å². The van der Waals surface area contributed by atoms with E-state index in [9.17, 15) is 43.9 Å². The van der Waals surface area contributed by atoms with Gasteiger partial charge >= 0.3 is 21.7 Å². The molecule has 216 valence electrons. The summed E-state index contributed by atoms with van der Waals surface area (Å²) in [5, 5.41) is 7.05. The van der Waals surface area contributed by atoms with Gasteiger partial charge in [-0.1, -0.05) is 19.9 Å². The highest BCUT2D eigenvalue weighted by atomic mass is 32.2. The van der Waals surface area contributed by atoms with Crippen molar-refractivity contribution >= 4 is 33.2 Å². The molecule has 0 saturated carbocycles. The summed E-state index contributed by atoms with van der Waals surface area (Å²) < 4.78 is 120. The van der Waals surface area contributed by atoms with Gasteiger partial charge in [-0.25, -0.2) is 23.7 Å². The Morgan fingerprint density at radius 2 is 1.82 bits per heavy atom. The van der Waals surface area contributed by atoms with Crippen molar-refractivity contribution in [1.82, 2.24) is 24.0 Å². The van der Waals surface area contributed by atoms with Gasteiger partial charge in [0.2, 0.25) is 0 Å². The van der Waals surface area contributed by atoms with E-state index in [2.05, 4.69) is 20.4 Å². The van der Waals surface area contributed by atoms with E-state index < -0.39 is 82.0 Å². The molecule has 0 fully saturated rings. The minimum atomic E-state index is -5.73. The van der Waals surface area contributed by atoms with E-state index in [1.807, 2.05) is 0 Å². The summed E-state index contributed by atoms with van der Waals surface area (Å²) in [6, 6.07) is 5.05. The molecule has 1 N–H and O–H groups in total. The number of sulfonamides is 1. The highest BCUT2D eigenvalue weighted by molar-refractivity contribution is 7.90. The van der Waals surface area contributed by atoms with Gasteiger partial charge in [0.25, 0.3) is 5.91 Å². The first kappa shape index (κ1) is 29.0. The van der Waals surface area contributed by atoms with Gasteiger partial charge in [-0.05, 0) is 23.8 Å². The lowest BCUT2D eigenvalue weighted by atomic mass is 10.2. The van der Waals surface area contributed by atoms with E-state index >= 15 is 0 Å². The van der Waals surface area contributed by atoms with Crippen LogP contribution in [-0.2, 0) is 22.7 Å². The molecule has 0 atom stereocenters. The maximum absolute atomic E-state index is 14.9. The molecule has 3 aromatic rings. The van der Waals surface area contributed by atoms with Crippen LogP contribution in [0, 0.1) is 11.7 Å². The van der Waals surface area contributed by atoms with Crippen molar-refractivity contribution in [3.05, 3.63) is 59.4 Å². The fraction of sp³-hybridized carbons (Fsp3) is 0.364. The number of carbonyl (C=O) groups excluding carboxylic acids is 1.